The van der Waals surface area contributed by atoms with E-state index in [0.717, 1.165) is 12.3 Å². The molecule has 0 heterocycles. The van der Waals surface area contributed by atoms with E-state index in [2.05, 4.69) is 0 Å². The number of hydrogen-bond donors (Lipinski definition) is 2. The second kappa shape index (κ2) is 5.19. The third-order valence-electron chi connectivity index (χ3n) is 2.50. The molecule has 0 aliphatic heterocycles. The Labute approximate surface area is 109 Å². The number of benzene rings is 2. The van der Waals surface area contributed by atoms with Crippen LogP contribution in [0.2, 0.25) is 0 Å². The highest BCUT2D eigenvalue weighted by Gasteiger charge is 2.07. The summed E-state index contributed by atoms with van der Waals surface area (Å²) in [6.07, 6.45) is 1.11. The van der Waals surface area contributed by atoms with Gasteiger partial charge in [0.05, 0.1) is 5.56 Å². The Morgan fingerprint density at radius 2 is 2.05 bits per heavy atom. The number of nitrogens with one attached hydrogen (secondary N) is 1. The van der Waals surface area contributed by atoms with Gasteiger partial charge in [0.2, 0.25) is 0 Å². The van der Waals surface area contributed by atoms with E-state index in [9.17, 15) is 4.39 Å². The van der Waals surface area contributed by atoms with Crippen LogP contribution < -0.4 is 10.5 Å². The van der Waals surface area contributed by atoms with Crippen LogP contribution in [0, 0.1) is 22.6 Å². The number of rotatable bonds is 3. The van der Waals surface area contributed by atoms with Crippen molar-refractivity contribution in [2.24, 2.45) is 0 Å². The molecular weight excluding hydrogens is 245 g/mol. The number of ether oxygens (including phenoxy) is 1. The molecule has 5 heteroatoms. The number of nitrogen functional groups attached to an aromatic ring is 1. The minimum absolute atomic E-state index is 0.105. The summed E-state index contributed by atoms with van der Waals surface area (Å²) in [6, 6.07) is 10.4. The first kappa shape index (κ1) is 12.6. The molecule has 4 nitrogen and oxygen atoms in total. The standard InChI is InChI=1S/C14H10FN3O/c15-11-1-4-14(10(5-11)8-17)19-12-2-3-13(18)9(6-12)7-16/h1-7,16H,18H2. The quantitative estimate of drug-likeness (QED) is 0.653. The first-order valence-corrected chi connectivity index (χ1v) is 5.41. The van der Waals surface area contributed by atoms with Gasteiger partial charge in [-0.05, 0) is 36.4 Å². The van der Waals surface area contributed by atoms with Gasteiger partial charge >= 0.3 is 0 Å². The lowest BCUT2D eigenvalue weighted by molar-refractivity contribution is 0.479. The largest absolute Gasteiger partial charge is 0.456 e. The average molecular weight is 255 g/mol. The SMILES string of the molecule is N#Cc1cc(F)ccc1Oc1ccc(N)c(C=N)c1. The molecule has 2 aromatic carbocycles. The van der Waals surface area contributed by atoms with Gasteiger partial charge in [-0.15, -0.1) is 0 Å². The number of nitriles is 1. The van der Waals surface area contributed by atoms with E-state index in [1.807, 2.05) is 6.07 Å². The molecule has 2 aromatic rings. The number of hydrogen-bond acceptors (Lipinski definition) is 4. The van der Waals surface area contributed by atoms with Crippen molar-refractivity contribution in [3.05, 3.63) is 53.3 Å². The summed E-state index contributed by atoms with van der Waals surface area (Å²) < 4.78 is 18.5. The fourth-order valence-electron chi connectivity index (χ4n) is 1.55. The van der Waals surface area contributed by atoms with Gasteiger partial charge in [0.1, 0.15) is 23.4 Å². The monoisotopic (exact) mass is 255 g/mol. The van der Waals surface area contributed by atoms with Crippen LogP contribution in [0.3, 0.4) is 0 Å². The van der Waals surface area contributed by atoms with Crippen LogP contribution in [-0.4, -0.2) is 6.21 Å². The van der Waals surface area contributed by atoms with Crippen LogP contribution in [0.4, 0.5) is 10.1 Å². The van der Waals surface area contributed by atoms with Crippen molar-refractivity contribution in [1.82, 2.24) is 0 Å². The van der Waals surface area contributed by atoms with Crippen LogP contribution in [-0.2, 0) is 0 Å². The topological polar surface area (TPSA) is 82.9 Å². The molecule has 0 aromatic heterocycles. The highest BCUT2D eigenvalue weighted by molar-refractivity contribution is 5.85. The molecule has 0 saturated heterocycles. The molecule has 0 bridgehead atoms. The molecule has 0 aliphatic rings. The van der Waals surface area contributed by atoms with Crippen molar-refractivity contribution in [2.45, 2.75) is 0 Å². The lowest BCUT2D eigenvalue weighted by Gasteiger charge is -2.09. The van der Waals surface area contributed by atoms with Gasteiger partial charge in [0.15, 0.2) is 0 Å². The van der Waals surface area contributed by atoms with Crippen molar-refractivity contribution in [2.75, 3.05) is 5.73 Å². The molecule has 0 unspecified atom stereocenters. The van der Waals surface area contributed by atoms with E-state index < -0.39 is 5.82 Å². The van der Waals surface area contributed by atoms with Gasteiger partial charge in [-0.2, -0.15) is 5.26 Å². The summed E-state index contributed by atoms with van der Waals surface area (Å²) in [6.45, 7) is 0. The zero-order valence-corrected chi connectivity index (χ0v) is 9.85. The smallest absolute Gasteiger partial charge is 0.145 e. The van der Waals surface area contributed by atoms with E-state index >= 15 is 0 Å². The van der Waals surface area contributed by atoms with E-state index in [0.29, 0.717) is 17.0 Å². The summed E-state index contributed by atoms with van der Waals surface area (Å²) in [4.78, 5) is 0. The number of nitrogens with zero attached hydrogens (tertiary/aromatic N) is 1. The summed E-state index contributed by atoms with van der Waals surface area (Å²) >= 11 is 0. The molecule has 0 aliphatic carbocycles. The Hall–Kier alpha value is -2.87. The van der Waals surface area contributed by atoms with Gasteiger partial charge in [-0.3, -0.25) is 0 Å². The van der Waals surface area contributed by atoms with Gasteiger partial charge in [0, 0.05) is 17.5 Å². The second-order valence-electron chi connectivity index (χ2n) is 3.79. The minimum Gasteiger partial charge on any atom is -0.456 e. The van der Waals surface area contributed by atoms with E-state index in [4.69, 9.17) is 21.1 Å². The third kappa shape index (κ3) is 2.69. The van der Waals surface area contributed by atoms with Crippen LogP contribution in [0.1, 0.15) is 11.1 Å². The Balaban J connectivity index is 2.36. The van der Waals surface area contributed by atoms with E-state index in [1.54, 1.807) is 18.2 Å². The maximum Gasteiger partial charge on any atom is 0.145 e. The first-order chi connectivity index (χ1) is 9.13. The molecule has 19 heavy (non-hydrogen) atoms. The van der Waals surface area contributed by atoms with Crippen molar-refractivity contribution < 1.29 is 9.13 Å². The highest BCUT2D eigenvalue weighted by atomic mass is 19.1. The zero-order chi connectivity index (χ0) is 13.8. The van der Waals surface area contributed by atoms with Crippen LogP contribution in [0.15, 0.2) is 36.4 Å². The molecule has 0 saturated carbocycles. The zero-order valence-electron chi connectivity index (χ0n) is 9.85. The molecule has 0 amide bonds. The predicted octanol–water partition coefficient (Wildman–Crippen LogP) is 3.07. The number of nitrogens with two attached hydrogens (primary N) is 1. The van der Waals surface area contributed by atoms with Gasteiger partial charge < -0.3 is 15.9 Å². The maximum absolute atomic E-state index is 13.0. The second-order valence-corrected chi connectivity index (χ2v) is 3.79. The minimum atomic E-state index is -0.499. The van der Waals surface area contributed by atoms with Gasteiger partial charge in [-0.25, -0.2) is 4.39 Å². The summed E-state index contributed by atoms with van der Waals surface area (Å²) in [5, 5.41) is 16.1. The number of anilines is 1. The molecule has 0 fully saturated rings. The lowest BCUT2D eigenvalue weighted by Crippen LogP contribution is -1.95. The Morgan fingerprint density at radius 3 is 2.74 bits per heavy atom. The predicted molar refractivity (Wildman–Crippen MR) is 69.9 cm³/mol. The van der Waals surface area contributed by atoms with E-state index in [1.165, 1.54) is 12.1 Å². The summed E-state index contributed by atoms with van der Waals surface area (Å²) in [5.74, 6) is 0.182. The van der Waals surface area contributed by atoms with Crippen LogP contribution in [0.5, 0.6) is 11.5 Å². The molecule has 0 radical (unpaired) electrons. The molecule has 3 N–H and O–H groups in total. The van der Waals surface area contributed by atoms with Crippen LogP contribution in [0.25, 0.3) is 0 Å². The van der Waals surface area contributed by atoms with Crippen LogP contribution >= 0.6 is 0 Å². The van der Waals surface area contributed by atoms with Crippen molar-refractivity contribution in [3.63, 3.8) is 0 Å². The molecule has 94 valence electrons. The third-order valence-corrected chi connectivity index (χ3v) is 2.50. The van der Waals surface area contributed by atoms with Gasteiger partial charge in [0.25, 0.3) is 0 Å². The molecule has 0 atom stereocenters. The average Bonchev–Trinajstić information content (AvgIpc) is 2.42. The summed E-state index contributed by atoms with van der Waals surface area (Å²) in [5.41, 5.74) is 6.74. The van der Waals surface area contributed by atoms with Crippen molar-refractivity contribution in [1.29, 1.82) is 10.7 Å². The first-order valence-electron chi connectivity index (χ1n) is 5.41. The van der Waals surface area contributed by atoms with Gasteiger partial charge in [-0.1, -0.05) is 0 Å². The summed E-state index contributed by atoms with van der Waals surface area (Å²) in [7, 11) is 0. The van der Waals surface area contributed by atoms with Crippen molar-refractivity contribution in [3.8, 4) is 17.6 Å². The van der Waals surface area contributed by atoms with E-state index in [-0.39, 0.29) is 11.3 Å². The Kier molecular flexibility index (Phi) is 3.44. The number of halogens is 1. The lowest BCUT2D eigenvalue weighted by atomic mass is 10.2. The normalized spacial score (nSPS) is 9.68. The Bertz CT molecular complexity index is 677. The fraction of sp³-hybridized carbons (Fsp3) is 0. The Morgan fingerprint density at radius 1 is 1.26 bits per heavy atom. The maximum atomic E-state index is 13.0. The fourth-order valence-corrected chi connectivity index (χ4v) is 1.55. The van der Waals surface area contributed by atoms with Crippen molar-refractivity contribution >= 4 is 11.9 Å². The highest BCUT2D eigenvalue weighted by Crippen LogP contribution is 2.27. The molecule has 2 rings (SSSR count). The molecular formula is C14H10FN3O. The molecule has 0 spiro atoms.